The second-order valence-corrected chi connectivity index (χ2v) is 6.49. The van der Waals surface area contributed by atoms with E-state index in [0.717, 1.165) is 6.07 Å². The van der Waals surface area contributed by atoms with Crippen LogP contribution in [0, 0.1) is 0 Å². The number of sulfonamides is 1. The highest BCUT2D eigenvalue weighted by Crippen LogP contribution is 2.19. The number of carbonyl (C=O) groups is 2. The van der Waals surface area contributed by atoms with E-state index in [4.69, 9.17) is 21.4 Å². The maximum Gasteiger partial charge on any atom is 0.338 e. The van der Waals surface area contributed by atoms with Crippen LogP contribution in [0.4, 0.5) is 0 Å². The molecule has 0 spiro atoms. The van der Waals surface area contributed by atoms with Gasteiger partial charge in [-0.05, 0) is 31.5 Å². The van der Waals surface area contributed by atoms with Crippen LogP contribution in [0.5, 0.6) is 0 Å². The van der Waals surface area contributed by atoms with Gasteiger partial charge in [-0.1, -0.05) is 11.6 Å². The Morgan fingerprint density at radius 1 is 1.32 bits per heavy atom. The van der Waals surface area contributed by atoms with Crippen LogP contribution in [0.25, 0.3) is 0 Å². The molecular formula is C13H16ClNO6S. The van der Waals surface area contributed by atoms with Gasteiger partial charge < -0.3 is 9.84 Å². The van der Waals surface area contributed by atoms with E-state index in [0.29, 0.717) is 0 Å². The standard InChI is InChI=1S/C13H16ClNO6S/c1-2-21-13(18)9-6-10(14)8-11(7-9)22(19,20)15-5-3-4-12(16)17/h6-8,15H,2-5H2,1H3,(H,16,17). The number of carboxylic acid groups (broad SMARTS) is 1. The number of carbonyl (C=O) groups excluding carboxylic acids is 1. The minimum Gasteiger partial charge on any atom is -0.481 e. The molecule has 122 valence electrons. The van der Waals surface area contributed by atoms with Gasteiger partial charge >= 0.3 is 11.9 Å². The first-order valence-corrected chi connectivity index (χ1v) is 8.31. The Labute approximate surface area is 133 Å². The fourth-order valence-corrected chi connectivity index (χ4v) is 3.02. The monoisotopic (exact) mass is 349 g/mol. The Kier molecular flexibility index (Phi) is 6.79. The van der Waals surface area contributed by atoms with Crippen molar-refractivity contribution in [3.8, 4) is 0 Å². The van der Waals surface area contributed by atoms with Crippen molar-refractivity contribution in [3.63, 3.8) is 0 Å². The van der Waals surface area contributed by atoms with E-state index in [9.17, 15) is 18.0 Å². The minimum atomic E-state index is -3.89. The molecule has 1 aromatic rings. The predicted molar refractivity (Wildman–Crippen MR) is 79.5 cm³/mol. The third-order valence-electron chi connectivity index (χ3n) is 2.55. The molecule has 0 bridgehead atoms. The number of ether oxygens (including phenoxy) is 1. The number of carboxylic acids is 1. The minimum absolute atomic E-state index is 0.0280. The summed E-state index contributed by atoms with van der Waals surface area (Å²) in [5.41, 5.74) is 0.0280. The molecule has 0 atom stereocenters. The molecule has 0 aromatic heterocycles. The lowest BCUT2D eigenvalue weighted by Crippen LogP contribution is -2.25. The van der Waals surface area contributed by atoms with Gasteiger partial charge in [0.1, 0.15) is 0 Å². The van der Waals surface area contributed by atoms with Crippen LogP contribution >= 0.6 is 11.6 Å². The van der Waals surface area contributed by atoms with Crippen molar-refractivity contribution >= 4 is 33.6 Å². The van der Waals surface area contributed by atoms with Crippen LogP contribution in [0.3, 0.4) is 0 Å². The largest absolute Gasteiger partial charge is 0.481 e. The maximum absolute atomic E-state index is 12.1. The first-order chi connectivity index (χ1) is 10.3. The summed E-state index contributed by atoms with van der Waals surface area (Å²) in [6.07, 6.45) is 0.00596. The van der Waals surface area contributed by atoms with E-state index in [2.05, 4.69) is 4.72 Å². The molecule has 0 aliphatic carbocycles. The van der Waals surface area contributed by atoms with Gasteiger partial charge in [-0.2, -0.15) is 0 Å². The number of nitrogens with one attached hydrogen (secondary N) is 1. The second kappa shape index (κ2) is 8.11. The lowest BCUT2D eigenvalue weighted by molar-refractivity contribution is -0.137. The van der Waals surface area contributed by atoms with Gasteiger partial charge in [0.15, 0.2) is 0 Å². The van der Waals surface area contributed by atoms with Crippen LogP contribution in [0.1, 0.15) is 30.1 Å². The molecule has 22 heavy (non-hydrogen) atoms. The number of esters is 1. The van der Waals surface area contributed by atoms with Gasteiger partial charge in [-0.3, -0.25) is 4.79 Å². The molecule has 1 aromatic carbocycles. The normalized spacial score (nSPS) is 11.2. The van der Waals surface area contributed by atoms with Crippen LogP contribution in [-0.2, 0) is 19.6 Å². The summed E-state index contributed by atoms with van der Waals surface area (Å²) in [7, 11) is -3.89. The van der Waals surface area contributed by atoms with Gasteiger partial charge in [-0.25, -0.2) is 17.9 Å². The third kappa shape index (κ3) is 5.63. The zero-order valence-corrected chi connectivity index (χ0v) is 13.4. The summed E-state index contributed by atoms with van der Waals surface area (Å²) in [6, 6.07) is 3.66. The molecule has 0 saturated carbocycles. The van der Waals surface area contributed by atoms with Gasteiger partial charge in [-0.15, -0.1) is 0 Å². The highest BCUT2D eigenvalue weighted by Gasteiger charge is 2.18. The molecule has 0 saturated heterocycles. The van der Waals surface area contributed by atoms with Gasteiger partial charge in [0.05, 0.1) is 17.1 Å². The smallest absolute Gasteiger partial charge is 0.338 e. The number of hydrogen-bond acceptors (Lipinski definition) is 5. The van der Waals surface area contributed by atoms with E-state index < -0.39 is 22.0 Å². The lowest BCUT2D eigenvalue weighted by atomic mass is 10.2. The Morgan fingerprint density at radius 2 is 2.00 bits per heavy atom. The molecule has 0 amide bonds. The van der Waals surface area contributed by atoms with Crippen molar-refractivity contribution in [2.24, 2.45) is 0 Å². The Morgan fingerprint density at radius 3 is 2.59 bits per heavy atom. The van der Waals surface area contributed by atoms with Crippen molar-refractivity contribution in [2.45, 2.75) is 24.7 Å². The first kappa shape index (κ1) is 18.4. The van der Waals surface area contributed by atoms with Gasteiger partial charge in [0.25, 0.3) is 0 Å². The average molecular weight is 350 g/mol. The molecule has 0 heterocycles. The number of benzene rings is 1. The lowest BCUT2D eigenvalue weighted by Gasteiger charge is -2.09. The molecular weight excluding hydrogens is 334 g/mol. The summed E-state index contributed by atoms with van der Waals surface area (Å²) in [4.78, 5) is 21.8. The summed E-state index contributed by atoms with van der Waals surface area (Å²) in [5, 5.41) is 8.58. The van der Waals surface area contributed by atoms with Gasteiger partial charge in [0.2, 0.25) is 10.0 Å². The summed E-state index contributed by atoms with van der Waals surface area (Å²) >= 11 is 5.83. The van der Waals surface area contributed by atoms with E-state index in [1.165, 1.54) is 12.1 Å². The molecule has 1 rings (SSSR count). The zero-order chi connectivity index (χ0) is 16.8. The molecule has 2 N–H and O–H groups in total. The van der Waals surface area contributed by atoms with E-state index >= 15 is 0 Å². The van der Waals surface area contributed by atoms with Crippen molar-refractivity contribution in [1.82, 2.24) is 4.72 Å². The molecule has 0 radical (unpaired) electrons. The number of rotatable bonds is 8. The average Bonchev–Trinajstić information content (AvgIpc) is 2.43. The zero-order valence-electron chi connectivity index (χ0n) is 11.8. The summed E-state index contributed by atoms with van der Waals surface area (Å²) < 4.78 is 31.2. The van der Waals surface area contributed by atoms with Crippen molar-refractivity contribution in [3.05, 3.63) is 28.8 Å². The molecule has 7 nitrogen and oxygen atoms in total. The first-order valence-electron chi connectivity index (χ1n) is 6.45. The van der Waals surface area contributed by atoms with Crippen molar-refractivity contribution in [2.75, 3.05) is 13.2 Å². The SMILES string of the molecule is CCOC(=O)c1cc(Cl)cc(S(=O)(=O)NCCCC(=O)O)c1. The number of halogens is 1. The highest BCUT2D eigenvalue weighted by atomic mass is 35.5. The topological polar surface area (TPSA) is 110 Å². The van der Waals surface area contributed by atoms with Crippen molar-refractivity contribution in [1.29, 1.82) is 0 Å². The fourth-order valence-electron chi connectivity index (χ4n) is 1.58. The molecule has 0 fully saturated rings. The van der Waals surface area contributed by atoms with E-state index in [-0.39, 0.29) is 41.5 Å². The quantitative estimate of drug-likeness (QED) is 0.545. The Hall–Kier alpha value is -1.64. The highest BCUT2D eigenvalue weighted by molar-refractivity contribution is 7.89. The summed E-state index contributed by atoms with van der Waals surface area (Å²) in [5.74, 6) is -1.68. The number of hydrogen-bond donors (Lipinski definition) is 2. The second-order valence-electron chi connectivity index (χ2n) is 4.29. The molecule has 9 heteroatoms. The Bertz CT molecular complexity index is 658. The Balaban J connectivity index is 2.90. The molecule has 0 aliphatic rings. The fraction of sp³-hybridized carbons (Fsp3) is 0.385. The molecule has 0 aliphatic heterocycles. The van der Waals surface area contributed by atoms with Gasteiger partial charge in [0, 0.05) is 18.0 Å². The maximum atomic E-state index is 12.1. The van der Waals surface area contributed by atoms with Crippen molar-refractivity contribution < 1.29 is 27.9 Å². The van der Waals surface area contributed by atoms with Crippen LogP contribution in [-0.4, -0.2) is 38.6 Å². The summed E-state index contributed by atoms with van der Waals surface area (Å²) in [6.45, 7) is 1.75. The number of aliphatic carboxylic acids is 1. The van der Waals surface area contributed by atoms with Crippen LogP contribution in [0.2, 0.25) is 5.02 Å². The van der Waals surface area contributed by atoms with E-state index in [1.54, 1.807) is 6.92 Å². The van der Waals surface area contributed by atoms with Crippen LogP contribution in [0.15, 0.2) is 23.1 Å². The molecule has 0 unspecified atom stereocenters. The van der Waals surface area contributed by atoms with Crippen LogP contribution < -0.4 is 4.72 Å². The third-order valence-corrected chi connectivity index (χ3v) is 4.21. The van der Waals surface area contributed by atoms with E-state index in [1.807, 2.05) is 0 Å². The predicted octanol–water partition coefficient (Wildman–Crippen LogP) is 1.66.